The van der Waals surface area contributed by atoms with Crippen LogP contribution in [0, 0.1) is 5.82 Å². The van der Waals surface area contributed by atoms with Gasteiger partial charge < -0.3 is 10.9 Å². The average Bonchev–Trinajstić information content (AvgIpc) is 2.44. The summed E-state index contributed by atoms with van der Waals surface area (Å²) in [5.41, 5.74) is 5.71. The van der Waals surface area contributed by atoms with Crippen molar-refractivity contribution in [1.82, 2.24) is 0 Å². The van der Waals surface area contributed by atoms with Gasteiger partial charge in [-0.3, -0.25) is 0 Å². The third kappa shape index (κ3) is 3.36. The maximum Gasteiger partial charge on any atom is 0.170 e. The number of oxime groups is 1. The topological polar surface area (TPSA) is 58.6 Å². The van der Waals surface area contributed by atoms with Crippen LogP contribution in [0.25, 0.3) is 0 Å². The second kappa shape index (κ2) is 6.35. The van der Waals surface area contributed by atoms with E-state index in [1.807, 2.05) is 0 Å². The van der Waals surface area contributed by atoms with Crippen LogP contribution >= 0.6 is 35.0 Å². The predicted molar refractivity (Wildman–Crippen MR) is 79.5 cm³/mol. The van der Waals surface area contributed by atoms with Crippen molar-refractivity contribution in [3.8, 4) is 0 Å². The van der Waals surface area contributed by atoms with Crippen LogP contribution in [0.4, 0.5) is 4.39 Å². The van der Waals surface area contributed by atoms with Gasteiger partial charge >= 0.3 is 0 Å². The molecule has 3 N–H and O–H groups in total. The van der Waals surface area contributed by atoms with E-state index >= 15 is 0 Å². The van der Waals surface area contributed by atoms with Crippen molar-refractivity contribution in [2.24, 2.45) is 10.9 Å². The zero-order valence-electron chi connectivity index (χ0n) is 9.98. The third-order valence-corrected chi connectivity index (χ3v) is 4.23. The summed E-state index contributed by atoms with van der Waals surface area (Å²) in [4.78, 5) is 1.16. The maximum atomic E-state index is 13.9. The van der Waals surface area contributed by atoms with Gasteiger partial charge in [0.2, 0.25) is 0 Å². The van der Waals surface area contributed by atoms with Crippen molar-refractivity contribution in [2.75, 3.05) is 0 Å². The maximum absolute atomic E-state index is 13.9. The van der Waals surface area contributed by atoms with Crippen molar-refractivity contribution < 1.29 is 9.60 Å². The highest BCUT2D eigenvalue weighted by atomic mass is 35.5. The van der Waals surface area contributed by atoms with Crippen molar-refractivity contribution >= 4 is 40.8 Å². The second-order valence-electron chi connectivity index (χ2n) is 3.81. The number of nitrogens with two attached hydrogens (primary N) is 1. The largest absolute Gasteiger partial charge is 0.409 e. The Kier molecular flexibility index (Phi) is 4.75. The minimum absolute atomic E-state index is 0.144. The first-order valence-electron chi connectivity index (χ1n) is 5.41. The molecule has 0 bridgehead atoms. The molecule has 0 heterocycles. The standard InChI is InChI=1S/C13H9Cl2FN2OS/c14-9-3-2-8(6-10(9)15)20-12-4-1-7(5-11(12)16)13(17)18-19/h1-6,19H,(H2,17,18). The van der Waals surface area contributed by atoms with E-state index in [1.54, 1.807) is 30.3 Å². The fraction of sp³-hybridized carbons (Fsp3) is 0. The van der Waals surface area contributed by atoms with E-state index < -0.39 is 5.82 Å². The Morgan fingerprint density at radius 1 is 1.15 bits per heavy atom. The molecule has 0 saturated carbocycles. The Morgan fingerprint density at radius 2 is 1.90 bits per heavy atom. The van der Waals surface area contributed by atoms with Gasteiger partial charge in [0.05, 0.1) is 10.0 Å². The number of hydrogen-bond donors (Lipinski definition) is 2. The Labute approximate surface area is 129 Å². The van der Waals surface area contributed by atoms with E-state index in [1.165, 1.54) is 17.8 Å². The molecule has 0 unspecified atom stereocenters. The molecule has 0 atom stereocenters. The van der Waals surface area contributed by atoms with Crippen molar-refractivity contribution in [2.45, 2.75) is 9.79 Å². The van der Waals surface area contributed by atoms with Gasteiger partial charge in [0.15, 0.2) is 5.84 Å². The SMILES string of the molecule is NC(=NO)c1ccc(Sc2ccc(Cl)c(Cl)c2)c(F)c1. The highest BCUT2D eigenvalue weighted by Crippen LogP contribution is 2.34. The Hall–Kier alpha value is -1.43. The molecule has 2 aromatic carbocycles. The molecule has 0 aliphatic carbocycles. The summed E-state index contributed by atoms with van der Waals surface area (Å²) in [6, 6.07) is 9.37. The van der Waals surface area contributed by atoms with E-state index in [4.69, 9.17) is 34.1 Å². The number of amidine groups is 1. The molecular formula is C13H9Cl2FN2OS. The first kappa shape index (κ1) is 15.0. The first-order valence-corrected chi connectivity index (χ1v) is 6.99. The molecule has 0 aliphatic heterocycles. The van der Waals surface area contributed by atoms with Crippen LogP contribution in [0.3, 0.4) is 0 Å². The molecule has 104 valence electrons. The van der Waals surface area contributed by atoms with Crippen LogP contribution in [-0.2, 0) is 0 Å². The highest BCUT2D eigenvalue weighted by Gasteiger charge is 2.09. The van der Waals surface area contributed by atoms with E-state index in [9.17, 15) is 4.39 Å². The highest BCUT2D eigenvalue weighted by molar-refractivity contribution is 7.99. The van der Waals surface area contributed by atoms with Crippen molar-refractivity contribution in [3.05, 3.63) is 57.8 Å². The summed E-state index contributed by atoms with van der Waals surface area (Å²) in [7, 11) is 0. The summed E-state index contributed by atoms with van der Waals surface area (Å²) in [6.45, 7) is 0. The lowest BCUT2D eigenvalue weighted by Crippen LogP contribution is -2.13. The molecule has 0 aromatic heterocycles. The lowest BCUT2D eigenvalue weighted by atomic mass is 10.2. The normalized spacial score (nSPS) is 11.7. The number of hydrogen-bond acceptors (Lipinski definition) is 3. The molecule has 0 radical (unpaired) electrons. The van der Waals surface area contributed by atoms with Crippen LogP contribution in [0.1, 0.15) is 5.56 Å². The second-order valence-corrected chi connectivity index (χ2v) is 5.74. The van der Waals surface area contributed by atoms with Gasteiger partial charge in [-0.15, -0.1) is 0 Å². The molecule has 7 heteroatoms. The number of benzene rings is 2. The molecule has 20 heavy (non-hydrogen) atoms. The molecule has 0 amide bonds. The summed E-state index contributed by atoms with van der Waals surface area (Å²) >= 11 is 12.9. The Bertz CT molecular complexity index is 679. The number of rotatable bonds is 3. The van der Waals surface area contributed by atoms with Crippen LogP contribution < -0.4 is 5.73 Å². The third-order valence-electron chi connectivity index (χ3n) is 2.45. The van der Waals surface area contributed by atoms with E-state index in [0.717, 1.165) is 4.90 Å². The Balaban J connectivity index is 2.28. The lowest BCUT2D eigenvalue weighted by Gasteiger charge is -2.06. The fourth-order valence-corrected chi connectivity index (χ4v) is 2.69. The summed E-state index contributed by atoms with van der Waals surface area (Å²) in [6.07, 6.45) is 0. The van der Waals surface area contributed by atoms with Crippen LogP contribution in [0.5, 0.6) is 0 Å². The molecular weight excluding hydrogens is 322 g/mol. The molecule has 0 spiro atoms. The lowest BCUT2D eigenvalue weighted by molar-refractivity contribution is 0.318. The molecule has 0 saturated heterocycles. The zero-order valence-corrected chi connectivity index (χ0v) is 12.3. The number of nitrogens with zero attached hydrogens (tertiary/aromatic N) is 1. The molecule has 2 aromatic rings. The minimum atomic E-state index is -0.467. The number of halogens is 3. The minimum Gasteiger partial charge on any atom is -0.409 e. The van der Waals surface area contributed by atoms with Gasteiger partial charge in [0.25, 0.3) is 0 Å². The van der Waals surface area contributed by atoms with Gasteiger partial charge in [0.1, 0.15) is 5.82 Å². The van der Waals surface area contributed by atoms with Gasteiger partial charge in [-0.2, -0.15) is 0 Å². The quantitative estimate of drug-likeness (QED) is 0.380. The molecule has 0 fully saturated rings. The monoisotopic (exact) mass is 330 g/mol. The van der Waals surface area contributed by atoms with Gasteiger partial charge in [-0.25, -0.2) is 4.39 Å². The predicted octanol–water partition coefficient (Wildman–Crippen LogP) is 4.38. The fourth-order valence-electron chi connectivity index (χ4n) is 1.47. The average molecular weight is 331 g/mol. The van der Waals surface area contributed by atoms with E-state index in [0.29, 0.717) is 20.5 Å². The summed E-state index contributed by atoms with van der Waals surface area (Å²) < 4.78 is 13.9. The summed E-state index contributed by atoms with van der Waals surface area (Å²) in [5, 5.41) is 12.2. The summed E-state index contributed by atoms with van der Waals surface area (Å²) in [5.74, 6) is -0.611. The molecule has 3 nitrogen and oxygen atoms in total. The van der Waals surface area contributed by atoms with Gasteiger partial charge in [-0.05, 0) is 36.4 Å². The van der Waals surface area contributed by atoms with Crippen LogP contribution in [-0.4, -0.2) is 11.0 Å². The Morgan fingerprint density at radius 3 is 2.50 bits per heavy atom. The smallest absolute Gasteiger partial charge is 0.170 e. The van der Waals surface area contributed by atoms with Crippen molar-refractivity contribution in [3.63, 3.8) is 0 Å². The molecule has 0 aliphatic rings. The first-order chi connectivity index (χ1) is 9.51. The van der Waals surface area contributed by atoms with Crippen LogP contribution in [0.15, 0.2) is 51.3 Å². The molecule has 2 rings (SSSR count). The van der Waals surface area contributed by atoms with Gasteiger partial charge in [0, 0.05) is 15.4 Å². The van der Waals surface area contributed by atoms with E-state index in [2.05, 4.69) is 5.16 Å². The van der Waals surface area contributed by atoms with Crippen LogP contribution in [0.2, 0.25) is 10.0 Å². The van der Waals surface area contributed by atoms with Crippen molar-refractivity contribution in [1.29, 1.82) is 0 Å². The van der Waals surface area contributed by atoms with Gasteiger partial charge in [-0.1, -0.05) is 40.1 Å². The van der Waals surface area contributed by atoms with E-state index in [-0.39, 0.29) is 5.84 Å². The zero-order chi connectivity index (χ0) is 14.7.